The molecule has 3 aromatic carbocycles. The Morgan fingerprint density at radius 2 is 1.78 bits per heavy atom. The van der Waals surface area contributed by atoms with Gasteiger partial charge in [0.05, 0.1) is 43.7 Å². The summed E-state index contributed by atoms with van der Waals surface area (Å²) in [5, 5.41) is 5.78. The zero-order valence-corrected chi connectivity index (χ0v) is 20.6. The summed E-state index contributed by atoms with van der Waals surface area (Å²) in [5.74, 6) is 1.11. The van der Waals surface area contributed by atoms with E-state index in [4.69, 9.17) is 21.1 Å². The molecule has 6 nitrogen and oxygen atoms in total. The summed E-state index contributed by atoms with van der Waals surface area (Å²) in [5.41, 5.74) is 4.59. The highest BCUT2D eigenvalue weighted by Gasteiger charge is 2.13. The quantitative estimate of drug-likeness (QED) is 0.273. The number of carbonyl (C=O) groups excluding carboxylic acids is 1. The maximum atomic E-state index is 12.5. The van der Waals surface area contributed by atoms with Crippen LogP contribution in [-0.2, 0) is 11.3 Å². The Kier molecular flexibility index (Phi) is 6.60. The van der Waals surface area contributed by atoms with E-state index in [-0.39, 0.29) is 5.91 Å². The molecule has 0 bridgehead atoms. The molecule has 2 aromatic heterocycles. The lowest BCUT2D eigenvalue weighted by Gasteiger charge is -2.08. The maximum Gasteiger partial charge on any atom is 0.244 e. The van der Waals surface area contributed by atoms with Crippen molar-refractivity contribution in [3.05, 3.63) is 101 Å². The highest BCUT2D eigenvalue weighted by atomic mass is 35.5. The Labute approximate surface area is 213 Å². The van der Waals surface area contributed by atoms with Crippen LogP contribution in [-0.4, -0.2) is 29.7 Å². The van der Waals surface area contributed by atoms with Crippen molar-refractivity contribution in [1.29, 1.82) is 0 Å². The topological polar surface area (TPSA) is 65.4 Å². The second-order valence-corrected chi connectivity index (χ2v) is 8.62. The fraction of sp³-hybridized carbons (Fsp3) is 0.103. The van der Waals surface area contributed by atoms with Gasteiger partial charge in [0.15, 0.2) is 0 Å². The minimum atomic E-state index is -0.231. The Balaban J connectivity index is 1.39. The average molecular weight is 498 g/mol. The number of hydrogen-bond donors (Lipinski definition) is 1. The van der Waals surface area contributed by atoms with Gasteiger partial charge in [0.2, 0.25) is 5.91 Å². The molecule has 0 saturated heterocycles. The summed E-state index contributed by atoms with van der Waals surface area (Å²) >= 11 is 6.10. The van der Waals surface area contributed by atoms with E-state index in [1.54, 1.807) is 26.4 Å². The summed E-state index contributed by atoms with van der Waals surface area (Å²) in [6.07, 6.45) is 5.03. The van der Waals surface area contributed by atoms with Crippen LogP contribution in [0.3, 0.4) is 0 Å². The lowest BCUT2D eigenvalue weighted by atomic mass is 10.1. The molecule has 0 aliphatic carbocycles. The minimum Gasteiger partial charge on any atom is -0.497 e. The molecule has 2 heterocycles. The molecule has 0 fully saturated rings. The minimum absolute atomic E-state index is 0.231. The summed E-state index contributed by atoms with van der Waals surface area (Å²) in [6.45, 7) is 0.300. The van der Waals surface area contributed by atoms with E-state index in [1.807, 2.05) is 60.8 Å². The highest BCUT2D eigenvalue weighted by Crippen LogP contribution is 2.32. The number of nitrogens with one attached hydrogen (secondary N) is 1. The van der Waals surface area contributed by atoms with Crippen LogP contribution < -0.4 is 14.8 Å². The monoisotopic (exact) mass is 497 g/mol. The Bertz CT molecular complexity index is 1590. The fourth-order valence-corrected chi connectivity index (χ4v) is 4.37. The number of hydrogen-bond acceptors (Lipinski definition) is 4. The van der Waals surface area contributed by atoms with Crippen molar-refractivity contribution in [2.75, 3.05) is 14.2 Å². The standard InChI is InChI=1S/C29H24ClN3O3/c1-35-23-12-13-28(36-2)19(15-23)7-14-29(34)32-17-21-16-25-24-5-3-4-6-26(24)33(27(25)18-31-21)22-10-8-20(30)9-11-22/h3-16,18H,17H2,1-2H3,(H,32,34)/b14-7+. The van der Waals surface area contributed by atoms with Gasteiger partial charge in [0.25, 0.3) is 0 Å². The predicted octanol–water partition coefficient (Wildman–Crippen LogP) is 6.18. The fourth-order valence-electron chi connectivity index (χ4n) is 4.25. The van der Waals surface area contributed by atoms with E-state index in [1.165, 1.54) is 6.08 Å². The third-order valence-corrected chi connectivity index (χ3v) is 6.25. The van der Waals surface area contributed by atoms with Crippen LogP contribution >= 0.6 is 11.6 Å². The number of aromatic nitrogens is 2. The average Bonchev–Trinajstić information content (AvgIpc) is 3.24. The molecule has 0 aliphatic heterocycles. The lowest BCUT2D eigenvalue weighted by molar-refractivity contribution is -0.116. The van der Waals surface area contributed by atoms with Crippen LogP contribution in [0.1, 0.15) is 11.3 Å². The Hall–Kier alpha value is -4.29. The number of fused-ring (bicyclic) bond motifs is 3. The van der Waals surface area contributed by atoms with Gasteiger partial charge in [-0.1, -0.05) is 29.8 Å². The SMILES string of the molecule is COc1ccc(OC)c(/C=C/C(=O)NCc2cc3c4ccccc4n(-c4ccc(Cl)cc4)c3cn2)c1. The van der Waals surface area contributed by atoms with Crippen LogP contribution in [0.5, 0.6) is 11.5 Å². The number of para-hydroxylation sites is 1. The number of halogens is 1. The highest BCUT2D eigenvalue weighted by molar-refractivity contribution is 6.30. The second kappa shape index (κ2) is 10.1. The van der Waals surface area contributed by atoms with Gasteiger partial charge >= 0.3 is 0 Å². The Morgan fingerprint density at radius 1 is 0.972 bits per heavy atom. The first kappa shape index (κ1) is 23.5. The molecule has 0 radical (unpaired) electrons. The molecule has 0 aliphatic rings. The smallest absolute Gasteiger partial charge is 0.244 e. The summed E-state index contributed by atoms with van der Waals surface area (Å²) in [4.78, 5) is 17.1. The second-order valence-electron chi connectivity index (χ2n) is 8.18. The van der Waals surface area contributed by atoms with E-state index in [9.17, 15) is 4.79 Å². The van der Waals surface area contributed by atoms with Gasteiger partial charge in [-0.05, 0) is 60.7 Å². The van der Waals surface area contributed by atoms with Crippen molar-refractivity contribution >= 4 is 45.4 Å². The zero-order chi connectivity index (χ0) is 25.1. The molecule has 0 unspecified atom stereocenters. The van der Waals surface area contributed by atoms with Crippen LogP contribution in [0.25, 0.3) is 33.6 Å². The van der Waals surface area contributed by atoms with Crippen LogP contribution in [0, 0.1) is 0 Å². The van der Waals surface area contributed by atoms with Crippen molar-refractivity contribution in [1.82, 2.24) is 14.9 Å². The molecule has 5 rings (SSSR count). The van der Waals surface area contributed by atoms with Gasteiger partial charge < -0.3 is 19.4 Å². The number of rotatable bonds is 7. The number of carbonyl (C=O) groups is 1. The number of benzene rings is 3. The maximum absolute atomic E-state index is 12.5. The van der Waals surface area contributed by atoms with Crippen molar-refractivity contribution in [2.45, 2.75) is 6.54 Å². The van der Waals surface area contributed by atoms with Gasteiger partial charge in [-0.15, -0.1) is 0 Å². The number of methoxy groups -OCH3 is 2. The van der Waals surface area contributed by atoms with Crippen LogP contribution in [0.4, 0.5) is 0 Å². The molecule has 1 amide bonds. The molecular weight excluding hydrogens is 474 g/mol. The number of amides is 1. The third kappa shape index (κ3) is 4.63. The van der Waals surface area contributed by atoms with Crippen LogP contribution in [0.2, 0.25) is 5.02 Å². The third-order valence-electron chi connectivity index (χ3n) is 6.00. The van der Waals surface area contributed by atoms with Crippen LogP contribution in [0.15, 0.2) is 85.1 Å². The molecule has 0 atom stereocenters. The summed E-state index contributed by atoms with van der Waals surface area (Å²) < 4.78 is 12.8. The van der Waals surface area contributed by atoms with Gasteiger partial charge in [-0.3, -0.25) is 9.78 Å². The molecule has 0 saturated carbocycles. The molecule has 5 aromatic rings. The van der Waals surface area contributed by atoms with E-state index >= 15 is 0 Å². The van der Waals surface area contributed by atoms with Crippen molar-refractivity contribution in [3.8, 4) is 17.2 Å². The molecule has 7 heteroatoms. The molecular formula is C29H24ClN3O3. The number of ether oxygens (including phenoxy) is 2. The summed E-state index contributed by atoms with van der Waals surface area (Å²) in [7, 11) is 3.18. The summed E-state index contributed by atoms with van der Waals surface area (Å²) in [6, 6.07) is 23.4. The van der Waals surface area contributed by atoms with Crippen molar-refractivity contribution in [3.63, 3.8) is 0 Å². The molecule has 0 spiro atoms. The van der Waals surface area contributed by atoms with Gasteiger partial charge in [0, 0.05) is 33.1 Å². The normalized spacial score (nSPS) is 11.3. The molecule has 36 heavy (non-hydrogen) atoms. The predicted molar refractivity (Wildman–Crippen MR) is 144 cm³/mol. The van der Waals surface area contributed by atoms with Gasteiger partial charge in [0.1, 0.15) is 11.5 Å². The first-order valence-electron chi connectivity index (χ1n) is 11.4. The number of pyridine rings is 1. The molecule has 1 N–H and O–H groups in total. The zero-order valence-electron chi connectivity index (χ0n) is 19.9. The molecule has 180 valence electrons. The Morgan fingerprint density at radius 3 is 2.56 bits per heavy atom. The first-order valence-corrected chi connectivity index (χ1v) is 11.8. The first-order chi connectivity index (χ1) is 17.6. The van der Waals surface area contributed by atoms with Crippen molar-refractivity contribution < 1.29 is 14.3 Å². The number of nitrogens with zero attached hydrogens (tertiary/aromatic N) is 2. The van der Waals surface area contributed by atoms with E-state index in [0.29, 0.717) is 23.1 Å². The van der Waals surface area contributed by atoms with E-state index in [0.717, 1.165) is 38.8 Å². The van der Waals surface area contributed by atoms with Gasteiger partial charge in [-0.2, -0.15) is 0 Å². The van der Waals surface area contributed by atoms with Gasteiger partial charge in [-0.25, -0.2) is 0 Å². The lowest BCUT2D eigenvalue weighted by Crippen LogP contribution is -2.20. The van der Waals surface area contributed by atoms with E-state index in [2.05, 4.69) is 27.0 Å². The van der Waals surface area contributed by atoms with E-state index < -0.39 is 0 Å². The van der Waals surface area contributed by atoms with Crippen molar-refractivity contribution in [2.24, 2.45) is 0 Å². The largest absolute Gasteiger partial charge is 0.497 e.